The molecule has 1 heterocycles. The van der Waals surface area contributed by atoms with Crippen LogP contribution in [0.1, 0.15) is 37.0 Å². The highest BCUT2D eigenvalue weighted by atomic mass is 14.9. The van der Waals surface area contributed by atoms with E-state index in [0.717, 1.165) is 39.9 Å². The number of fused-ring (bicyclic) bond motifs is 6. The van der Waals surface area contributed by atoms with E-state index in [2.05, 4.69) is 197 Å². The molecule has 0 fully saturated rings. The Hall–Kier alpha value is -6.64. The quantitative estimate of drug-likeness (QED) is 0.0944. The molecule has 258 valence electrons. The lowest BCUT2D eigenvalue weighted by Crippen LogP contribution is -1.98. The highest BCUT2D eigenvalue weighted by Gasteiger charge is 2.17. The van der Waals surface area contributed by atoms with Gasteiger partial charge in [-0.05, 0) is 110 Å². The van der Waals surface area contributed by atoms with E-state index < -0.39 is 0 Å². The highest BCUT2D eigenvalue weighted by Crippen LogP contribution is 2.39. The van der Waals surface area contributed by atoms with Crippen molar-refractivity contribution in [2.45, 2.75) is 27.2 Å². The third-order valence-electron chi connectivity index (χ3n) is 10.8. The molecule has 0 bridgehead atoms. The monoisotopic (exact) mass is 692 g/mol. The van der Waals surface area contributed by atoms with E-state index in [-0.39, 0.29) is 0 Å². The number of nitrogens with zero attached hydrogens (tertiary/aromatic N) is 2. The van der Waals surface area contributed by atoms with Gasteiger partial charge in [0.1, 0.15) is 0 Å². The molecule has 0 saturated heterocycles. The van der Waals surface area contributed by atoms with Crippen molar-refractivity contribution in [2.75, 3.05) is 0 Å². The van der Waals surface area contributed by atoms with Gasteiger partial charge >= 0.3 is 0 Å². The molecule has 8 aromatic carbocycles. The van der Waals surface area contributed by atoms with Crippen molar-refractivity contribution >= 4 is 54.7 Å². The summed E-state index contributed by atoms with van der Waals surface area (Å²) in [6.07, 6.45) is 5.63. The van der Waals surface area contributed by atoms with Crippen molar-refractivity contribution in [2.24, 2.45) is 0 Å². The molecular weight excluding hydrogens is 653 g/mol. The van der Waals surface area contributed by atoms with Crippen LogP contribution in [-0.2, 0) is 0 Å². The second-order valence-electron chi connectivity index (χ2n) is 14.2. The van der Waals surface area contributed by atoms with Gasteiger partial charge in [-0.25, -0.2) is 9.97 Å². The van der Waals surface area contributed by atoms with E-state index in [9.17, 15) is 0 Å². The Morgan fingerprint density at radius 3 is 1.67 bits per heavy atom. The minimum atomic E-state index is 0.715. The Morgan fingerprint density at radius 1 is 0.519 bits per heavy atom. The van der Waals surface area contributed by atoms with Crippen LogP contribution in [0.3, 0.4) is 0 Å². The van der Waals surface area contributed by atoms with Gasteiger partial charge in [0, 0.05) is 16.7 Å². The van der Waals surface area contributed by atoms with Gasteiger partial charge in [-0.3, -0.25) is 0 Å². The fraction of sp³-hybridized carbons (Fsp3) is 0.0769. The number of hydrogen-bond donors (Lipinski definition) is 0. The van der Waals surface area contributed by atoms with Crippen molar-refractivity contribution in [3.8, 4) is 33.9 Å². The summed E-state index contributed by atoms with van der Waals surface area (Å²) in [4.78, 5) is 10.8. The zero-order valence-corrected chi connectivity index (χ0v) is 30.8. The second kappa shape index (κ2) is 14.1. The van der Waals surface area contributed by atoms with E-state index in [1.165, 1.54) is 65.5 Å². The van der Waals surface area contributed by atoms with Crippen LogP contribution in [-0.4, -0.2) is 9.97 Å². The summed E-state index contributed by atoms with van der Waals surface area (Å²) in [6.45, 7) is 6.59. The van der Waals surface area contributed by atoms with E-state index in [4.69, 9.17) is 9.97 Å². The minimum absolute atomic E-state index is 0.715. The Balaban J connectivity index is 1.27. The van der Waals surface area contributed by atoms with Crippen molar-refractivity contribution in [3.63, 3.8) is 0 Å². The predicted octanol–water partition coefficient (Wildman–Crippen LogP) is 14.3. The largest absolute Gasteiger partial charge is 0.228 e. The molecule has 2 nitrogen and oxygen atoms in total. The maximum atomic E-state index is 5.43. The predicted molar refractivity (Wildman–Crippen MR) is 231 cm³/mol. The molecule has 0 amide bonds. The maximum Gasteiger partial charge on any atom is 0.161 e. The number of allylic oxidation sites excluding steroid dienone is 3. The zero-order valence-electron chi connectivity index (χ0n) is 30.8. The Morgan fingerprint density at radius 2 is 1.04 bits per heavy atom. The van der Waals surface area contributed by atoms with Gasteiger partial charge in [0.15, 0.2) is 5.82 Å². The average Bonchev–Trinajstić information content (AvgIpc) is 3.23. The van der Waals surface area contributed by atoms with Gasteiger partial charge in [-0.1, -0.05) is 164 Å². The van der Waals surface area contributed by atoms with Crippen molar-refractivity contribution < 1.29 is 0 Å². The second-order valence-corrected chi connectivity index (χ2v) is 14.2. The SMILES string of the molecule is CCC(C)=CC(=Cc1ccccc1C)c1ccc(-c2cc(-c3cc4ccccc4c4ccccc34)nc(-c3cc4ccccc4c4ccccc34)n2)cc1. The normalized spacial score (nSPS) is 12.3. The Kier molecular flexibility index (Phi) is 8.65. The molecule has 0 spiro atoms. The molecule has 2 heteroatoms. The maximum absolute atomic E-state index is 5.43. The first-order chi connectivity index (χ1) is 26.5. The van der Waals surface area contributed by atoms with Gasteiger partial charge in [-0.15, -0.1) is 0 Å². The molecule has 0 saturated carbocycles. The Bertz CT molecular complexity index is 2790. The molecule has 1 aromatic heterocycles. The molecular formula is C52H40N2. The van der Waals surface area contributed by atoms with Crippen LogP contribution in [0.5, 0.6) is 0 Å². The van der Waals surface area contributed by atoms with E-state index in [0.29, 0.717) is 5.82 Å². The fourth-order valence-electron chi connectivity index (χ4n) is 7.68. The summed E-state index contributed by atoms with van der Waals surface area (Å²) in [5.41, 5.74) is 11.2. The van der Waals surface area contributed by atoms with Crippen LogP contribution in [0, 0.1) is 6.92 Å². The molecule has 0 N–H and O–H groups in total. The van der Waals surface area contributed by atoms with Crippen molar-refractivity contribution in [1.29, 1.82) is 0 Å². The van der Waals surface area contributed by atoms with E-state index in [1.807, 2.05) is 0 Å². The lowest BCUT2D eigenvalue weighted by atomic mass is 9.94. The van der Waals surface area contributed by atoms with Crippen molar-refractivity contribution in [1.82, 2.24) is 9.97 Å². The molecule has 54 heavy (non-hydrogen) atoms. The molecule has 0 atom stereocenters. The van der Waals surface area contributed by atoms with Crippen LogP contribution in [0.25, 0.3) is 88.6 Å². The molecule has 9 aromatic rings. The number of hydrogen-bond acceptors (Lipinski definition) is 2. The van der Waals surface area contributed by atoms with Crippen LogP contribution in [0.15, 0.2) is 175 Å². The van der Waals surface area contributed by atoms with Gasteiger partial charge < -0.3 is 0 Å². The summed E-state index contributed by atoms with van der Waals surface area (Å²) in [7, 11) is 0. The fourth-order valence-corrected chi connectivity index (χ4v) is 7.68. The Labute approximate surface area is 316 Å². The van der Waals surface area contributed by atoms with Gasteiger partial charge in [0.2, 0.25) is 0 Å². The lowest BCUT2D eigenvalue weighted by Gasteiger charge is -2.15. The minimum Gasteiger partial charge on any atom is -0.228 e. The van der Waals surface area contributed by atoms with Crippen LogP contribution < -0.4 is 0 Å². The first-order valence-corrected chi connectivity index (χ1v) is 18.8. The molecule has 0 radical (unpaired) electrons. The van der Waals surface area contributed by atoms with Crippen LogP contribution in [0.2, 0.25) is 0 Å². The third kappa shape index (κ3) is 6.16. The van der Waals surface area contributed by atoms with Gasteiger partial charge in [0.05, 0.1) is 11.4 Å². The smallest absolute Gasteiger partial charge is 0.161 e. The number of aryl methyl sites for hydroxylation is 1. The number of benzene rings is 8. The third-order valence-corrected chi connectivity index (χ3v) is 10.8. The molecule has 9 rings (SSSR count). The van der Waals surface area contributed by atoms with Crippen LogP contribution >= 0.6 is 0 Å². The zero-order chi connectivity index (χ0) is 36.6. The topological polar surface area (TPSA) is 25.8 Å². The molecule has 0 aliphatic rings. The summed E-state index contributed by atoms with van der Waals surface area (Å²) in [5.74, 6) is 0.715. The lowest BCUT2D eigenvalue weighted by molar-refractivity contribution is 1.10. The molecule has 0 aliphatic heterocycles. The first kappa shape index (κ1) is 33.2. The standard InChI is InChI=1S/C52H40N2/c1-4-34(2)29-41(30-38-16-6-5-15-35(38)3)36-25-27-37(28-26-36)50-33-51(48-31-39-17-7-9-19-42(39)44-21-11-13-23-46(44)48)54-52(53-50)49-32-40-18-8-10-20-43(40)45-22-12-14-24-47(45)49/h5-33H,4H2,1-3H3. The average molecular weight is 693 g/mol. The number of aromatic nitrogens is 2. The van der Waals surface area contributed by atoms with E-state index in [1.54, 1.807) is 0 Å². The van der Waals surface area contributed by atoms with Crippen LogP contribution in [0.4, 0.5) is 0 Å². The summed E-state index contributed by atoms with van der Waals surface area (Å²) >= 11 is 0. The molecule has 0 unspecified atom stereocenters. The number of rotatable bonds is 7. The summed E-state index contributed by atoms with van der Waals surface area (Å²) < 4.78 is 0. The highest BCUT2D eigenvalue weighted by molar-refractivity contribution is 6.15. The van der Waals surface area contributed by atoms with E-state index >= 15 is 0 Å². The molecule has 0 aliphatic carbocycles. The summed E-state index contributed by atoms with van der Waals surface area (Å²) in [5, 5.41) is 9.57. The summed E-state index contributed by atoms with van der Waals surface area (Å²) in [6, 6.07) is 58.7. The first-order valence-electron chi connectivity index (χ1n) is 18.8. The van der Waals surface area contributed by atoms with Gasteiger partial charge in [0.25, 0.3) is 0 Å². The van der Waals surface area contributed by atoms with Crippen molar-refractivity contribution in [3.05, 3.63) is 192 Å². The van der Waals surface area contributed by atoms with Gasteiger partial charge in [-0.2, -0.15) is 0 Å².